The molecular formula is C13H13N3O4S. The van der Waals surface area contributed by atoms with Crippen molar-refractivity contribution in [1.29, 1.82) is 0 Å². The van der Waals surface area contributed by atoms with Gasteiger partial charge in [-0.25, -0.2) is 9.78 Å². The number of carbonyl (C=O) groups is 2. The predicted octanol–water partition coefficient (Wildman–Crippen LogP) is 1.68. The minimum absolute atomic E-state index is 0.0342. The van der Waals surface area contributed by atoms with Crippen molar-refractivity contribution in [2.75, 3.05) is 6.54 Å². The number of carboxylic acid groups (broad SMARTS) is 1. The van der Waals surface area contributed by atoms with Gasteiger partial charge < -0.3 is 14.9 Å². The summed E-state index contributed by atoms with van der Waals surface area (Å²) in [6.07, 6.45) is 2.66. The van der Waals surface area contributed by atoms with Crippen LogP contribution < -0.4 is 5.32 Å². The molecule has 1 saturated carbocycles. The molecule has 7 nitrogen and oxygen atoms in total. The van der Waals surface area contributed by atoms with Crippen LogP contribution in [0.3, 0.4) is 0 Å². The summed E-state index contributed by atoms with van der Waals surface area (Å²) in [5.41, 5.74) is 0.314. The molecule has 1 fully saturated rings. The highest BCUT2D eigenvalue weighted by molar-refractivity contribution is 7.09. The van der Waals surface area contributed by atoms with Gasteiger partial charge in [0.05, 0.1) is 5.01 Å². The first-order valence-corrected chi connectivity index (χ1v) is 7.44. The van der Waals surface area contributed by atoms with Crippen molar-refractivity contribution in [3.63, 3.8) is 0 Å². The van der Waals surface area contributed by atoms with Crippen LogP contribution in [0.4, 0.5) is 0 Å². The molecule has 2 aromatic heterocycles. The third kappa shape index (κ3) is 3.27. The molecule has 0 spiro atoms. The monoisotopic (exact) mass is 307 g/mol. The molecule has 1 amide bonds. The van der Waals surface area contributed by atoms with E-state index in [2.05, 4.69) is 15.5 Å². The summed E-state index contributed by atoms with van der Waals surface area (Å²) in [4.78, 5) is 26.5. The smallest absolute Gasteiger partial charge is 0.355 e. The minimum Gasteiger partial charge on any atom is -0.476 e. The number of aromatic carboxylic acids is 1. The molecule has 21 heavy (non-hydrogen) atoms. The first-order valence-electron chi connectivity index (χ1n) is 6.56. The summed E-state index contributed by atoms with van der Waals surface area (Å²) in [6, 6.07) is 1.68. The van der Waals surface area contributed by atoms with Crippen LogP contribution in [0.25, 0.3) is 0 Å². The molecule has 0 bridgehead atoms. The SMILES string of the molecule is O=C(O)c1csc(CCNC(=O)c2cc(C3CC3)on2)n1. The van der Waals surface area contributed by atoms with E-state index in [9.17, 15) is 9.59 Å². The highest BCUT2D eigenvalue weighted by Crippen LogP contribution is 2.40. The Kier molecular flexibility index (Phi) is 3.70. The van der Waals surface area contributed by atoms with Crippen LogP contribution in [0.5, 0.6) is 0 Å². The Morgan fingerprint density at radius 1 is 1.43 bits per heavy atom. The van der Waals surface area contributed by atoms with Gasteiger partial charge in [-0.3, -0.25) is 4.79 Å². The highest BCUT2D eigenvalue weighted by atomic mass is 32.1. The van der Waals surface area contributed by atoms with Crippen LogP contribution in [0.15, 0.2) is 16.0 Å². The van der Waals surface area contributed by atoms with Crippen LogP contribution in [0.1, 0.15) is 50.5 Å². The van der Waals surface area contributed by atoms with Crippen LogP contribution in [-0.2, 0) is 6.42 Å². The Balaban J connectivity index is 1.49. The third-order valence-corrected chi connectivity index (χ3v) is 4.04. The quantitative estimate of drug-likeness (QED) is 0.841. The highest BCUT2D eigenvalue weighted by Gasteiger charge is 2.28. The van der Waals surface area contributed by atoms with Crippen LogP contribution >= 0.6 is 11.3 Å². The topological polar surface area (TPSA) is 105 Å². The van der Waals surface area contributed by atoms with E-state index in [1.54, 1.807) is 6.07 Å². The number of carboxylic acids is 1. The van der Waals surface area contributed by atoms with Gasteiger partial charge in [-0.2, -0.15) is 0 Å². The van der Waals surface area contributed by atoms with Crippen molar-refractivity contribution >= 4 is 23.2 Å². The van der Waals surface area contributed by atoms with Crippen molar-refractivity contribution < 1.29 is 19.2 Å². The lowest BCUT2D eigenvalue weighted by Gasteiger charge is -1.99. The normalized spacial score (nSPS) is 14.1. The molecule has 0 aliphatic heterocycles. The molecule has 1 aliphatic rings. The molecular weight excluding hydrogens is 294 g/mol. The van der Waals surface area contributed by atoms with Gasteiger partial charge in [0, 0.05) is 30.3 Å². The molecule has 0 unspecified atom stereocenters. The standard InChI is InChI=1S/C13H13N3O4S/c17-12(8-5-10(20-16-8)7-1-2-7)14-4-3-11-15-9(6-21-11)13(18)19/h5-7H,1-4H2,(H,14,17)(H,18,19). The summed E-state index contributed by atoms with van der Waals surface area (Å²) < 4.78 is 5.12. The molecule has 0 atom stereocenters. The van der Waals surface area contributed by atoms with Crippen molar-refractivity contribution in [2.45, 2.75) is 25.2 Å². The second-order valence-electron chi connectivity index (χ2n) is 4.83. The van der Waals surface area contributed by atoms with Gasteiger partial charge in [0.2, 0.25) is 0 Å². The van der Waals surface area contributed by atoms with Crippen molar-refractivity contribution in [3.05, 3.63) is 33.6 Å². The van der Waals surface area contributed by atoms with E-state index in [0.29, 0.717) is 23.9 Å². The van der Waals surface area contributed by atoms with E-state index < -0.39 is 5.97 Å². The molecule has 0 radical (unpaired) electrons. The number of hydrogen-bond donors (Lipinski definition) is 2. The summed E-state index contributed by atoms with van der Waals surface area (Å²) in [6.45, 7) is 0.372. The number of thiazole rings is 1. The molecule has 110 valence electrons. The van der Waals surface area contributed by atoms with Crippen molar-refractivity contribution in [2.24, 2.45) is 0 Å². The lowest BCUT2D eigenvalue weighted by molar-refractivity contribution is 0.0690. The Hall–Kier alpha value is -2.22. The van der Waals surface area contributed by atoms with Crippen LogP contribution in [-0.4, -0.2) is 33.7 Å². The van der Waals surface area contributed by atoms with Crippen LogP contribution in [0.2, 0.25) is 0 Å². The average Bonchev–Trinajstić information content (AvgIpc) is 3.01. The predicted molar refractivity (Wildman–Crippen MR) is 73.6 cm³/mol. The summed E-state index contributed by atoms with van der Waals surface area (Å²) in [5, 5.41) is 17.4. The zero-order valence-electron chi connectivity index (χ0n) is 11.0. The Morgan fingerprint density at radius 3 is 2.90 bits per heavy atom. The van der Waals surface area contributed by atoms with E-state index in [0.717, 1.165) is 18.6 Å². The number of amides is 1. The maximum absolute atomic E-state index is 11.9. The number of nitrogens with one attached hydrogen (secondary N) is 1. The zero-order valence-corrected chi connectivity index (χ0v) is 11.9. The van der Waals surface area contributed by atoms with Gasteiger partial charge >= 0.3 is 5.97 Å². The Bertz CT molecular complexity index is 675. The molecule has 2 aromatic rings. The lowest BCUT2D eigenvalue weighted by atomic mass is 10.3. The summed E-state index contributed by atoms with van der Waals surface area (Å²) in [5.74, 6) is -0.146. The zero-order chi connectivity index (χ0) is 14.8. The van der Waals surface area contributed by atoms with Gasteiger partial charge in [-0.05, 0) is 12.8 Å². The number of nitrogens with zero attached hydrogens (tertiary/aromatic N) is 2. The number of hydrogen-bond acceptors (Lipinski definition) is 6. The van der Waals surface area contributed by atoms with Gasteiger partial charge in [0.15, 0.2) is 11.4 Å². The molecule has 0 saturated heterocycles. The average molecular weight is 307 g/mol. The number of aromatic nitrogens is 2. The third-order valence-electron chi connectivity index (χ3n) is 3.14. The first kappa shape index (κ1) is 13.7. The van der Waals surface area contributed by atoms with Gasteiger partial charge in [-0.1, -0.05) is 5.16 Å². The fourth-order valence-electron chi connectivity index (χ4n) is 1.85. The van der Waals surface area contributed by atoms with Gasteiger partial charge in [0.1, 0.15) is 5.76 Å². The second kappa shape index (κ2) is 5.65. The lowest BCUT2D eigenvalue weighted by Crippen LogP contribution is -2.25. The van der Waals surface area contributed by atoms with E-state index in [-0.39, 0.29) is 17.3 Å². The maximum Gasteiger partial charge on any atom is 0.355 e. The Morgan fingerprint density at radius 2 is 2.24 bits per heavy atom. The van der Waals surface area contributed by atoms with Crippen molar-refractivity contribution in [1.82, 2.24) is 15.5 Å². The minimum atomic E-state index is -1.04. The van der Waals surface area contributed by atoms with Gasteiger partial charge in [-0.15, -0.1) is 11.3 Å². The fraction of sp³-hybridized carbons (Fsp3) is 0.385. The van der Waals surface area contributed by atoms with Crippen LogP contribution in [0, 0.1) is 0 Å². The largest absolute Gasteiger partial charge is 0.476 e. The van der Waals surface area contributed by atoms with Gasteiger partial charge in [0.25, 0.3) is 5.91 Å². The molecule has 2 heterocycles. The number of rotatable bonds is 6. The summed E-state index contributed by atoms with van der Waals surface area (Å²) >= 11 is 1.26. The number of carbonyl (C=O) groups excluding carboxylic acids is 1. The molecule has 2 N–H and O–H groups in total. The Labute approximate surface area is 124 Å². The summed E-state index contributed by atoms with van der Waals surface area (Å²) in [7, 11) is 0. The maximum atomic E-state index is 11.9. The molecule has 1 aliphatic carbocycles. The second-order valence-corrected chi connectivity index (χ2v) is 5.77. The van der Waals surface area contributed by atoms with E-state index in [4.69, 9.17) is 9.63 Å². The first-order chi connectivity index (χ1) is 10.1. The van der Waals surface area contributed by atoms with E-state index >= 15 is 0 Å². The molecule has 8 heteroatoms. The molecule has 0 aromatic carbocycles. The van der Waals surface area contributed by atoms with E-state index in [1.165, 1.54) is 16.7 Å². The van der Waals surface area contributed by atoms with E-state index in [1.807, 2.05) is 0 Å². The molecule has 3 rings (SSSR count). The van der Waals surface area contributed by atoms with Crippen molar-refractivity contribution in [3.8, 4) is 0 Å². The fourth-order valence-corrected chi connectivity index (χ4v) is 2.63.